The Morgan fingerprint density at radius 3 is 2.56 bits per heavy atom. The molecule has 10 heteroatoms. The summed E-state index contributed by atoms with van der Waals surface area (Å²) in [5, 5.41) is 20.2. The number of likely N-dealkylation sites (tertiary alicyclic amines) is 1. The number of fused-ring (bicyclic) bond motifs is 1. The molecule has 0 saturated carbocycles. The van der Waals surface area contributed by atoms with E-state index in [1.165, 1.54) is 0 Å². The molecule has 2 aromatic carbocycles. The zero-order valence-electron chi connectivity index (χ0n) is 22.8. The molecule has 2 N–H and O–H groups in total. The van der Waals surface area contributed by atoms with Crippen LogP contribution in [0, 0.1) is 0 Å². The molecule has 0 bridgehead atoms. The molecule has 0 spiro atoms. The highest BCUT2D eigenvalue weighted by Gasteiger charge is 2.38. The Morgan fingerprint density at radius 1 is 1.05 bits per heavy atom. The highest BCUT2D eigenvalue weighted by molar-refractivity contribution is 5.65. The predicted octanol–water partition coefficient (Wildman–Crippen LogP) is 3.71. The number of amides is 1. The van der Waals surface area contributed by atoms with Crippen molar-refractivity contribution in [3.05, 3.63) is 53.6 Å². The number of nitrogens with zero attached hydrogens (tertiary/aromatic N) is 2. The highest BCUT2D eigenvalue weighted by Crippen LogP contribution is 2.36. The number of anilines is 1. The Balaban J connectivity index is 1.45. The molecule has 2 aliphatic heterocycles. The molecule has 0 aromatic heterocycles. The van der Waals surface area contributed by atoms with Gasteiger partial charge in [0.25, 0.3) is 0 Å². The van der Waals surface area contributed by atoms with Gasteiger partial charge in [0.1, 0.15) is 24.3 Å². The molecule has 1 saturated heterocycles. The maximum Gasteiger partial charge on any atom is 0.409 e. The predicted molar refractivity (Wildman–Crippen MR) is 146 cm³/mol. The topological polar surface area (TPSA) is 110 Å². The molecule has 1 unspecified atom stereocenters. The summed E-state index contributed by atoms with van der Waals surface area (Å²) in [6.07, 6.45) is -0.719. The van der Waals surface area contributed by atoms with Crippen LogP contribution < -0.4 is 14.4 Å². The number of aliphatic hydroxyl groups is 1. The number of rotatable bonds is 13. The van der Waals surface area contributed by atoms with Gasteiger partial charge in [0, 0.05) is 52.7 Å². The number of hydrogen-bond acceptors (Lipinski definition) is 8. The van der Waals surface area contributed by atoms with Crippen LogP contribution >= 0.6 is 0 Å². The molecule has 0 aliphatic carbocycles. The average molecular weight is 545 g/mol. The van der Waals surface area contributed by atoms with Crippen molar-refractivity contribution in [2.75, 3.05) is 65.2 Å². The summed E-state index contributed by atoms with van der Waals surface area (Å²) >= 11 is 0. The van der Waals surface area contributed by atoms with Gasteiger partial charge in [0.05, 0.1) is 38.1 Å². The standard InChI is InChI=1S/C29H40N2O8/c1-35-13-3-11-30-12-16-38-26-10-5-21(17-25(26)30)20-39-27-19-31(29(33)34)28(32)18-24(27)22-6-8-23(9-7-22)37-15-4-14-36-2/h5-10,17,24,27-28,32H,3-4,11-16,18-20H2,1-2H3,(H,33,34)/t24-,27-,28?/m0/s1. The van der Waals surface area contributed by atoms with Crippen LogP contribution in [0.25, 0.3) is 0 Å². The van der Waals surface area contributed by atoms with E-state index in [9.17, 15) is 15.0 Å². The minimum atomic E-state index is -1.16. The van der Waals surface area contributed by atoms with Crippen LogP contribution in [0.5, 0.6) is 11.5 Å². The minimum absolute atomic E-state index is 0.0770. The average Bonchev–Trinajstić information content (AvgIpc) is 2.95. The number of aliphatic hydroxyl groups excluding tert-OH is 1. The summed E-state index contributed by atoms with van der Waals surface area (Å²) in [7, 11) is 3.37. The Bertz CT molecular complexity index is 1050. The smallest absolute Gasteiger partial charge is 0.409 e. The van der Waals surface area contributed by atoms with Crippen LogP contribution in [-0.4, -0.2) is 93.8 Å². The summed E-state index contributed by atoms with van der Waals surface area (Å²) in [5.74, 6) is 1.43. The molecule has 0 radical (unpaired) electrons. The number of methoxy groups -OCH3 is 2. The van der Waals surface area contributed by atoms with Crippen molar-refractivity contribution in [2.45, 2.75) is 44.1 Å². The van der Waals surface area contributed by atoms with E-state index in [2.05, 4.69) is 11.0 Å². The van der Waals surface area contributed by atoms with Crippen LogP contribution in [0.2, 0.25) is 0 Å². The third-order valence-corrected chi connectivity index (χ3v) is 7.19. The fourth-order valence-electron chi connectivity index (χ4n) is 5.12. The van der Waals surface area contributed by atoms with Crippen LogP contribution in [0.4, 0.5) is 10.5 Å². The number of carbonyl (C=O) groups is 1. The van der Waals surface area contributed by atoms with Gasteiger partial charge in [-0.1, -0.05) is 18.2 Å². The van der Waals surface area contributed by atoms with E-state index in [0.717, 1.165) is 59.1 Å². The van der Waals surface area contributed by atoms with Gasteiger partial charge < -0.3 is 38.8 Å². The molecule has 10 nitrogen and oxygen atoms in total. The Labute approximate surface area is 230 Å². The van der Waals surface area contributed by atoms with Gasteiger partial charge in [-0.3, -0.25) is 4.90 Å². The molecule has 214 valence electrons. The van der Waals surface area contributed by atoms with Gasteiger partial charge in [-0.2, -0.15) is 0 Å². The molecular weight excluding hydrogens is 504 g/mol. The molecule has 1 amide bonds. The van der Waals surface area contributed by atoms with E-state index in [1.54, 1.807) is 14.2 Å². The van der Waals surface area contributed by atoms with Gasteiger partial charge in [0.15, 0.2) is 0 Å². The first-order chi connectivity index (χ1) is 19.0. The van der Waals surface area contributed by atoms with Crippen LogP contribution in [0.1, 0.15) is 36.3 Å². The summed E-state index contributed by atoms with van der Waals surface area (Å²) in [6, 6.07) is 13.8. The maximum atomic E-state index is 11.8. The normalized spacial score (nSPS) is 20.8. The van der Waals surface area contributed by atoms with Crippen molar-refractivity contribution in [2.24, 2.45) is 0 Å². The summed E-state index contributed by atoms with van der Waals surface area (Å²) < 4.78 is 28.3. The van der Waals surface area contributed by atoms with Crippen LogP contribution in [0.15, 0.2) is 42.5 Å². The summed E-state index contributed by atoms with van der Waals surface area (Å²) in [5.41, 5.74) is 2.97. The first-order valence-corrected chi connectivity index (χ1v) is 13.5. The fraction of sp³-hybridized carbons (Fsp3) is 0.552. The Kier molecular flexibility index (Phi) is 10.7. The third-order valence-electron chi connectivity index (χ3n) is 7.19. The van der Waals surface area contributed by atoms with Crippen molar-refractivity contribution in [1.29, 1.82) is 0 Å². The lowest BCUT2D eigenvalue weighted by atomic mass is 9.86. The molecule has 3 atom stereocenters. The number of ether oxygens (including phenoxy) is 5. The monoisotopic (exact) mass is 544 g/mol. The third kappa shape index (κ3) is 7.76. The molecule has 2 aliphatic rings. The van der Waals surface area contributed by atoms with Crippen LogP contribution in [0.3, 0.4) is 0 Å². The second kappa shape index (κ2) is 14.4. The van der Waals surface area contributed by atoms with E-state index < -0.39 is 18.4 Å². The Morgan fingerprint density at radius 2 is 1.82 bits per heavy atom. The minimum Gasteiger partial charge on any atom is -0.494 e. The van der Waals surface area contributed by atoms with Gasteiger partial charge in [-0.25, -0.2) is 4.79 Å². The van der Waals surface area contributed by atoms with Crippen molar-refractivity contribution in [3.63, 3.8) is 0 Å². The lowest BCUT2D eigenvalue weighted by Crippen LogP contribution is -2.52. The lowest BCUT2D eigenvalue weighted by molar-refractivity contribution is -0.0891. The number of benzene rings is 2. The van der Waals surface area contributed by atoms with Crippen molar-refractivity contribution in [1.82, 2.24) is 4.90 Å². The molecular formula is C29H40N2O8. The zero-order valence-corrected chi connectivity index (χ0v) is 22.8. The molecule has 1 fully saturated rings. The SMILES string of the molecule is COCCCOc1ccc([C@@H]2CC(O)N(C(=O)O)C[C@@H]2OCc2ccc3c(c2)N(CCCOC)CCO3)cc1. The maximum absolute atomic E-state index is 11.8. The molecule has 2 heterocycles. The van der Waals surface area contributed by atoms with E-state index >= 15 is 0 Å². The lowest BCUT2D eigenvalue weighted by Gasteiger charge is -2.40. The zero-order chi connectivity index (χ0) is 27.6. The fourth-order valence-corrected chi connectivity index (χ4v) is 5.12. The van der Waals surface area contributed by atoms with Gasteiger partial charge in [-0.15, -0.1) is 0 Å². The van der Waals surface area contributed by atoms with Gasteiger partial charge >= 0.3 is 6.09 Å². The quantitative estimate of drug-likeness (QED) is 0.365. The van der Waals surface area contributed by atoms with Crippen molar-refractivity contribution >= 4 is 11.8 Å². The highest BCUT2D eigenvalue weighted by atomic mass is 16.5. The van der Waals surface area contributed by atoms with Gasteiger partial charge in [0.2, 0.25) is 0 Å². The van der Waals surface area contributed by atoms with Crippen molar-refractivity contribution in [3.8, 4) is 11.5 Å². The first-order valence-electron chi connectivity index (χ1n) is 13.5. The van der Waals surface area contributed by atoms with E-state index in [4.69, 9.17) is 23.7 Å². The van der Waals surface area contributed by atoms with Crippen LogP contribution in [-0.2, 0) is 20.8 Å². The van der Waals surface area contributed by atoms with E-state index in [0.29, 0.717) is 33.0 Å². The first kappa shape index (κ1) is 28.9. The van der Waals surface area contributed by atoms with E-state index in [1.807, 2.05) is 36.4 Å². The summed E-state index contributed by atoms with van der Waals surface area (Å²) in [4.78, 5) is 15.1. The van der Waals surface area contributed by atoms with E-state index in [-0.39, 0.29) is 18.9 Å². The second-order valence-electron chi connectivity index (χ2n) is 9.85. The summed E-state index contributed by atoms with van der Waals surface area (Å²) in [6.45, 7) is 4.61. The molecule has 39 heavy (non-hydrogen) atoms. The number of piperidine rings is 1. The second-order valence-corrected chi connectivity index (χ2v) is 9.85. The molecule has 4 rings (SSSR count). The molecule has 2 aromatic rings. The Hall–Kier alpha value is -3.05. The largest absolute Gasteiger partial charge is 0.494 e. The van der Waals surface area contributed by atoms with Crippen molar-refractivity contribution < 1.29 is 38.7 Å². The van der Waals surface area contributed by atoms with Gasteiger partial charge in [-0.05, 0) is 41.8 Å². The number of hydrogen-bond donors (Lipinski definition) is 2. The number of carboxylic acid groups (broad SMARTS) is 1.